The van der Waals surface area contributed by atoms with E-state index in [4.69, 9.17) is 0 Å². The quantitative estimate of drug-likeness (QED) is 0.421. The van der Waals surface area contributed by atoms with Crippen LogP contribution < -0.4 is 10.6 Å². The van der Waals surface area contributed by atoms with Crippen molar-refractivity contribution in [2.45, 2.75) is 24.0 Å². The molecule has 4 rings (SSSR count). The van der Waals surface area contributed by atoms with Crippen LogP contribution in [0.25, 0.3) is 22.3 Å². The van der Waals surface area contributed by atoms with Gasteiger partial charge in [0.2, 0.25) is 5.91 Å². The van der Waals surface area contributed by atoms with Crippen LogP contribution >= 0.6 is 11.8 Å². The summed E-state index contributed by atoms with van der Waals surface area (Å²) in [6.07, 6.45) is 5.62. The van der Waals surface area contributed by atoms with E-state index in [0.717, 1.165) is 35.1 Å². The van der Waals surface area contributed by atoms with Gasteiger partial charge in [0.25, 0.3) is 0 Å². The molecule has 9 heteroatoms. The van der Waals surface area contributed by atoms with Crippen LogP contribution in [0.2, 0.25) is 0 Å². The van der Waals surface area contributed by atoms with Crippen LogP contribution in [0, 0.1) is 0 Å². The molecule has 0 radical (unpaired) electrons. The molecule has 28 heavy (non-hydrogen) atoms. The van der Waals surface area contributed by atoms with Crippen molar-refractivity contribution in [3.05, 3.63) is 43.1 Å². The Balaban J connectivity index is 1.51. The van der Waals surface area contributed by atoms with Gasteiger partial charge in [-0.1, -0.05) is 36.0 Å². The van der Waals surface area contributed by atoms with Crippen molar-refractivity contribution in [2.75, 3.05) is 12.3 Å². The van der Waals surface area contributed by atoms with Gasteiger partial charge in [-0.05, 0) is 18.9 Å². The van der Waals surface area contributed by atoms with E-state index in [-0.39, 0.29) is 11.7 Å². The molecule has 1 aromatic carbocycles. The third-order valence-corrected chi connectivity index (χ3v) is 5.34. The highest BCUT2D eigenvalue weighted by atomic mass is 32.2. The lowest BCUT2D eigenvalue weighted by atomic mass is 10.1. The summed E-state index contributed by atoms with van der Waals surface area (Å²) < 4.78 is 2.10. The minimum absolute atomic E-state index is 0.0836. The minimum Gasteiger partial charge on any atom is -0.360 e. The second-order valence-corrected chi connectivity index (χ2v) is 7.43. The molecule has 0 spiro atoms. The van der Waals surface area contributed by atoms with Crippen LogP contribution in [0.15, 0.2) is 48.3 Å². The van der Waals surface area contributed by atoms with Crippen molar-refractivity contribution >= 4 is 34.6 Å². The van der Waals surface area contributed by atoms with Gasteiger partial charge >= 0.3 is 6.03 Å². The number of urea groups is 1. The summed E-state index contributed by atoms with van der Waals surface area (Å²) in [6, 6.07) is 7.87. The number of hydrogen-bond donors (Lipinski definition) is 3. The molecule has 3 aromatic rings. The van der Waals surface area contributed by atoms with Crippen molar-refractivity contribution in [3.8, 4) is 11.4 Å². The monoisotopic (exact) mass is 396 g/mol. The Bertz CT molecular complexity index is 1040. The van der Waals surface area contributed by atoms with E-state index in [1.165, 1.54) is 11.8 Å². The second kappa shape index (κ2) is 7.89. The summed E-state index contributed by atoms with van der Waals surface area (Å²) in [5.41, 5.74) is 2.04. The number of thioether (sulfide) groups is 1. The maximum atomic E-state index is 12.0. The van der Waals surface area contributed by atoms with E-state index in [1.54, 1.807) is 6.08 Å². The third-order valence-electron chi connectivity index (χ3n) is 4.40. The average Bonchev–Trinajstić information content (AvgIpc) is 3.31. The van der Waals surface area contributed by atoms with Crippen LogP contribution in [-0.2, 0) is 4.79 Å². The van der Waals surface area contributed by atoms with Crippen LogP contribution in [0.3, 0.4) is 0 Å². The fourth-order valence-electron chi connectivity index (χ4n) is 2.98. The molecule has 0 atom stereocenters. The van der Waals surface area contributed by atoms with Crippen LogP contribution in [-0.4, -0.2) is 44.0 Å². The SMILES string of the molecule is C=CCNC(=O)NC(=O)CSc1nnc(-c2c[nH]c3ccccc23)n1C1CC1. The largest absolute Gasteiger partial charge is 0.360 e. The van der Waals surface area contributed by atoms with Gasteiger partial charge in [-0.2, -0.15) is 0 Å². The molecular weight excluding hydrogens is 376 g/mol. The van der Waals surface area contributed by atoms with Crippen molar-refractivity contribution < 1.29 is 9.59 Å². The van der Waals surface area contributed by atoms with Crippen LogP contribution in [0.5, 0.6) is 0 Å². The molecule has 2 aromatic heterocycles. The lowest BCUT2D eigenvalue weighted by molar-refractivity contribution is -0.117. The van der Waals surface area contributed by atoms with Gasteiger partial charge in [0.1, 0.15) is 0 Å². The Morgan fingerprint density at radius 1 is 1.32 bits per heavy atom. The molecule has 0 saturated heterocycles. The molecule has 0 aliphatic heterocycles. The molecule has 0 bridgehead atoms. The summed E-state index contributed by atoms with van der Waals surface area (Å²) in [6.45, 7) is 3.81. The van der Waals surface area contributed by atoms with E-state index in [2.05, 4.69) is 43.0 Å². The van der Waals surface area contributed by atoms with Gasteiger partial charge in [-0.3, -0.25) is 14.7 Å². The number of fused-ring (bicyclic) bond motifs is 1. The average molecular weight is 396 g/mol. The fourth-order valence-corrected chi connectivity index (χ4v) is 3.78. The van der Waals surface area contributed by atoms with Gasteiger partial charge in [-0.15, -0.1) is 16.8 Å². The molecule has 2 heterocycles. The Kier molecular flexibility index (Phi) is 5.16. The maximum Gasteiger partial charge on any atom is 0.321 e. The van der Waals surface area contributed by atoms with E-state index in [9.17, 15) is 9.59 Å². The first-order valence-corrected chi connectivity index (χ1v) is 9.98. The summed E-state index contributed by atoms with van der Waals surface area (Å²) in [5, 5.41) is 15.3. The van der Waals surface area contributed by atoms with E-state index >= 15 is 0 Å². The molecule has 144 valence electrons. The molecule has 1 aliphatic rings. The lowest BCUT2D eigenvalue weighted by Gasteiger charge is -2.08. The fraction of sp³-hybridized carbons (Fsp3) is 0.263. The molecule has 8 nitrogen and oxygen atoms in total. The number of hydrogen-bond acceptors (Lipinski definition) is 5. The molecular formula is C19H20N6O2S. The Morgan fingerprint density at radius 2 is 2.14 bits per heavy atom. The highest BCUT2D eigenvalue weighted by Crippen LogP contribution is 2.42. The zero-order chi connectivity index (χ0) is 19.5. The summed E-state index contributed by atoms with van der Waals surface area (Å²) in [5.74, 6) is 0.498. The number of carbonyl (C=O) groups excluding carboxylic acids is 2. The van der Waals surface area contributed by atoms with Crippen LogP contribution in [0.4, 0.5) is 4.79 Å². The zero-order valence-corrected chi connectivity index (χ0v) is 16.0. The second-order valence-electron chi connectivity index (χ2n) is 6.49. The van der Waals surface area contributed by atoms with Gasteiger partial charge in [0.15, 0.2) is 11.0 Å². The van der Waals surface area contributed by atoms with Gasteiger partial charge < -0.3 is 10.3 Å². The number of amides is 3. The first-order chi connectivity index (χ1) is 13.7. The van der Waals surface area contributed by atoms with Crippen LogP contribution in [0.1, 0.15) is 18.9 Å². The molecule has 3 amide bonds. The highest BCUT2D eigenvalue weighted by molar-refractivity contribution is 7.99. The predicted molar refractivity (Wildman–Crippen MR) is 108 cm³/mol. The number of aromatic amines is 1. The van der Waals surface area contributed by atoms with Crippen molar-refractivity contribution in [3.63, 3.8) is 0 Å². The topological polar surface area (TPSA) is 105 Å². The standard InChI is InChI=1S/C19H20N6O2S/c1-2-9-20-18(27)22-16(26)11-28-19-24-23-17(25(19)12-7-8-12)14-10-21-15-6-4-3-5-13(14)15/h2-6,10,12,21H,1,7-9,11H2,(H2,20,22,26,27). The summed E-state index contributed by atoms with van der Waals surface area (Å²) in [4.78, 5) is 26.8. The lowest BCUT2D eigenvalue weighted by Crippen LogP contribution is -2.40. The first kappa shape index (κ1) is 18.3. The number of aromatic nitrogens is 4. The Labute approximate surface area is 165 Å². The number of rotatable bonds is 7. The zero-order valence-electron chi connectivity index (χ0n) is 15.1. The predicted octanol–water partition coefficient (Wildman–Crippen LogP) is 2.87. The molecule has 3 N–H and O–H groups in total. The smallest absolute Gasteiger partial charge is 0.321 e. The third kappa shape index (κ3) is 3.79. The summed E-state index contributed by atoms with van der Waals surface area (Å²) >= 11 is 1.28. The number of H-pyrrole nitrogens is 1. The van der Waals surface area contributed by atoms with Crippen molar-refractivity contribution in [1.29, 1.82) is 0 Å². The number of imide groups is 1. The highest BCUT2D eigenvalue weighted by Gasteiger charge is 2.31. The number of benzene rings is 1. The van der Waals surface area contributed by atoms with Crippen molar-refractivity contribution in [2.24, 2.45) is 0 Å². The van der Waals surface area contributed by atoms with E-state index in [0.29, 0.717) is 17.7 Å². The van der Waals surface area contributed by atoms with Gasteiger partial charge in [0, 0.05) is 35.2 Å². The number of carbonyl (C=O) groups is 2. The van der Waals surface area contributed by atoms with Gasteiger partial charge in [-0.25, -0.2) is 4.79 Å². The Morgan fingerprint density at radius 3 is 2.93 bits per heavy atom. The minimum atomic E-state index is -0.534. The first-order valence-electron chi connectivity index (χ1n) is 9.00. The molecule has 1 saturated carbocycles. The molecule has 1 fully saturated rings. The van der Waals surface area contributed by atoms with E-state index < -0.39 is 6.03 Å². The molecule has 1 aliphatic carbocycles. The maximum absolute atomic E-state index is 12.0. The number of nitrogens with one attached hydrogen (secondary N) is 3. The van der Waals surface area contributed by atoms with Crippen molar-refractivity contribution in [1.82, 2.24) is 30.4 Å². The Hall–Kier alpha value is -3.07. The number of para-hydroxylation sites is 1. The van der Waals surface area contributed by atoms with Gasteiger partial charge in [0.05, 0.1) is 5.75 Å². The normalized spacial score (nSPS) is 13.4. The number of nitrogens with zero attached hydrogens (tertiary/aromatic N) is 3. The summed E-state index contributed by atoms with van der Waals surface area (Å²) in [7, 11) is 0. The molecule has 0 unspecified atom stereocenters. The van der Waals surface area contributed by atoms with E-state index in [1.807, 2.05) is 24.4 Å².